The van der Waals surface area contributed by atoms with Crippen LogP contribution in [0.4, 0.5) is 5.69 Å². The van der Waals surface area contributed by atoms with E-state index in [9.17, 15) is 9.59 Å². The number of aryl methyl sites for hydroxylation is 3. The van der Waals surface area contributed by atoms with Crippen molar-refractivity contribution in [3.63, 3.8) is 0 Å². The summed E-state index contributed by atoms with van der Waals surface area (Å²) in [5.41, 5.74) is 5.36. The zero-order valence-corrected chi connectivity index (χ0v) is 19.7. The standard InChI is InChI=1S/C27H28N4O3/c1-4-18-13-10-14-19(5-2)25(18)30-24(32)17-34-27(33)21-15-23(20-11-8-7-9-12-20)29-26-22(21)16-28-31(26)6-3/h7-16H,4-6,17H2,1-3H3,(H,30,32). The third-order valence-electron chi connectivity index (χ3n) is 5.80. The van der Waals surface area contributed by atoms with Crippen molar-refractivity contribution < 1.29 is 14.3 Å². The van der Waals surface area contributed by atoms with E-state index in [1.54, 1.807) is 16.9 Å². The molecule has 1 N–H and O–H groups in total. The number of hydrogen-bond acceptors (Lipinski definition) is 5. The number of rotatable bonds is 8. The van der Waals surface area contributed by atoms with Crippen LogP contribution >= 0.6 is 0 Å². The fourth-order valence-electron chi connectivity index (χ4n) is 3.99. The van der Waals surface area contributed by atoms with Gasteiger partial charge in [0.15, 0.2) is 12.3 Å². The summed E-state index contributed by atoms with van der Waals surface area (Å²) >= 11 is 0. The lowest BCUT2D eigenvalue weighted by molar-refractivity contribution is -0.119. The number of nitrogens with zero attached hydrogens (tertiary/aromatic N) is 3. The molecule has 7 nitrogen and oxygen atoms in total. The number of anilines is 1. The van der Waals surface area contributed by atoms with E-state index in [0.717, 1.165) is 35.2 Å². The Kier molecular flexibility index (Phi) is 7.01. The first-order valence-corrected chi connectivity index (χ1v) is 11.5. The molecule has 0 radical (unpaired) electrons. The SMILES string of the molecule is CCc1cccc(CC)c1NC(=O)COC(=O)c1cc(-c2ccccc2)nc2c1cnn2CC. The molecule has 0 aliphatic rings. The molecule has 0 spiro atoms. The van der Waals surface area contributed by atoms with Gasteiger partial charge in [-0.05, 0) is 37.0 Å². The lowest BCUT2D eigenvalue weighted by atomic mass is 10.0. The second kappa shape index (κ2) is 10.3. The number of ether oxygens (including phenoxy) is 1. The lowest BCUT2D eigenvalue weighted by Gasteiger charge is -2.14. The second-order valence-corrected chi connectivity index (χ2v) is 7.90. The highest BCUT2D eigenvalue weighted by atomic mass is 16.5. The van der Waals surface area contributed by atoms with Crippen molar-refractivity contribution in [1.29, 1.82) is 0 Å². The summed E-state index contributed by atoms with van der Waals surface area (Å²) in [6.07, 6.45) is 3.20. The van der Waals surface area contributed by atoms with Crippen molar-refractivity contribution in [3.8, 4) is 11.3 Å². The molecule has 4 aromatic rings. The zero-order valence-electron chi connectivity index (χ0n) is 19.7. The molecule has 4 rings (SSSR count). The first-order valence-electron chi connectivity index (χ1n) is 11.5. The first kappa shape index (κ1) is 23.2. The number of esters is 1. The van der Waals surface area contributed by atoms with E-state index >= 15 is 0 Å². The molecule has 0 saturated heterocycles. The van der Waals surface area contributed by atoms with Gasteiger partial charge in [0.05, 0.1) is 22.8 Å². The third-order valence-corrected chi connectivity index (χ3v) is 5.80. The van der Waals surface area contributed by atoms with Crippen LogP contribution in [-0.2, 0) is 28.9 Å². The lowest BCUT2D eigenvalue weighted by Crippen LogP contribution is -2.22. The van der Waals surface area contributed by atoms with E-state index in [1.165, 1.54) is 0 Å². The van der Waals surface area contributed by atoms with Crippen LogP contribution in [0, 0.1) is 0 Å². The van der Waals surface area contributed by atoms with Crippen LogP contribution < -0.4 is 5.32 Å². The van der Waals surface area contributed by atoms with E-state index in [-0.39, 0.29) is 12.5 Å². The molecule has 2 aromatic heterocycles. The molecule has 2 aromatic carbocycles. The summed E-state index contributed by atoms with van der Waals surface area (Å²) in [5, 5.41) is 7.87. The van der Waals surface area contributed by atoms with Gasteiger partial charge in [-0.25, -0.2) is 14.5 Å². The fraction of sp³-hybridized carbons (Fsp3) is 0.259. The summed E-state index contributed by atoms with van der Waals surface area (Å²) in [4.78, 5) is 30.5. The van der Waals surface area contributed by atoms with Crippen LogP contribution in [0.15, 0.2) is 60.8 Å². The van der Waals surface area contributed by atoms with Gasteiger partial charge in [0.1, 0.15) is 0 Å². The monoisotopic (exact) mass is 456 g/mol. The fourth-order valence-corrected chi connectivity index (χ4v) is 3.99. The highest BCUT2D eigenvalue weighted by Gasteiger charge is 2.20. The number of amides is 1. The molecular weight excluding hydrogens is 428 g/mol. The van der Waals surface area contributed by atoms with Gasteiger partial charge in [0.25, 0.3) is 5.91 Å². The Balaban J connectivity index is 1.58. The number of fused-ring (bicyclic) bond motifs is 1. The second-order valence-electron chi connectivity index (χ2n) is 7.90. The molecule has 0 aliphatic heterocycles. The average Bonchev–Trinajstić information content (AvgIpc) is 3.30. The van der Waals surface area contributed by atoms with E-state index < -0.39 is 5.97 Å². The summed E-state index contributed by atoms with van der Waals surface area (Å²) in [6.45, 7) is 6.28. The number of para-hydroxylation sites is 1. The minimum atomic E-state index is -0.588. The van der Waals surface area contributed by atoms with Crippen molar-refractivity contribution >= 4 is 28.6 Å². The average molecular weight is 457 g/mol. The van der Waals surface area contributed by atoms with Crippen molar-refractivity contribution in [2.45, 2.75) is 40.2 Å². The van der Waals surface area contributed by atoms with Gasteiger partial charge >= 0.3 is 5.97 Å². The van der Waals surface area contributed by atoms with Crippen LogP contribution in [0.5, 0.6) is 0 Å². The van der Waals surface area contributed by atoms with E-state index in [1.807, 2.05) is 69.3 Å². The predicted octanol–water partition coefficient (Wildman–Crippen LogP) is 5.04. The van der Waals surface area contributed by atoms with Gasteiger partial charge in [0, 0.05) is 17.8 Å². The highest BCUT2D eigenvalue weighted by Crippen LogP contribution is 2.26. The molecule has 174 valence electrons. The Hall–Kier alpha value is -4.00. The van der Waals surface area contributed by atoms with Crippen molar-refractivity contribution in [3.05, 3.63) is 77.5 Å². The summed E-state index contributed by atoms with van der Waals surface area (Å²) in [5.74, 6) is -0.961. The van der Waals surface area contributed by atoms with Gasteiger partial charge in [-0.1, -0.05) is 62.4 Å². The number of hydrogen-bond donors (Lipinski definition) is 1. The molecule has 0 fully saturated rings. The third kappa shape index (κ3) is 4.69. The van der Waals surface area contributed by atoms with Gasteiger partial charge in [-0.2, -0.15) is 5.10 Å². The molecule has 0 unspecified atom stereocenters. The molecule has 7 heteroatoms. The molecule has 1 amide bonds. The van der Waals surface area contributed by atoms with E-state index in [4.69, 9.17) is 9.72 Å². The molecule has 0 aliphatic carbocycles. The number of aromatic nitrogens is 3. The number of benzene rings is 2. The number of carbonyl (C=O) groups is 2. The predicted molar refractivity (Wildman–Crippen MR) is 133 cm³/mol. The Bertz CT molecular complexity index is 1310. The van der Waals surface area contributed by atoms with Gasteiger partial charge in [-0.15, -0.1) is 0 Å². The Morgan fingerprint density at radius 3 is 2.32 bits per heavy atom. The van der Waals surface area contributed by atoms with Crippen molar-refractivity contribution in [1.82, 2.24) is 14.8 Å². The van der Waals surface area contributed by atoms with E-state index in [2.05, 4.69) is 10.4 Å². The van der Waals surface area contributed by atoms with Gasteiger partial charge < -0.3 is 10.1 Å². The van der Waals surface area contributed by atoms with Crippen LogP contribution in [0.25, 0.3) is 22.3 Å². The molecule has 0 saturated carbocycles. The minimum Gasteiger partial charge on any atom is -0.452 e. The largest absolute Gasteiger partial charge is 0.452 e. The summed E-state index contributed by atoms with van der Waals surface area (Å²) in [6, 6.07) is 17.3. The molecule has 0 bridgehead atoms. The number of carbonyl (C=O) groups excluding carboxylic acids is 2. The topological polar surface area (TPSA) is 86.1 Å². The zero-order chi connectivity index (χ0) is 24.1. The summed E-state index contributed by atoms with van der Waals surface area (Å²) in [7, 11) is 0. The quantitative estimate of drug-likeness (QED) is 0.376. The number of nitrogens with one attached hydrogen (secondary N) is 1. The van der Waals surface area contributed by atoms with Crippen molar-refractivity contribution in [2.75, 3.05) is 11.9 Å². The molecular formula is C27H28N4O3. The Morgan fingerprint density at radius 2 is 1.68 bits per heavy atom. The molecule has 0 atom stereocenters. The van der Waals surface area contributed by atoms with E-state index in [0.29, 0.717) is 28.8 Å². The normalized spacial score (nSPS) is 10.9. The Morgan fingerprint density at radius 1 is 0.971 bits per heavy atom. The first-order chi connectivity index (χ1) is 16.5. The minimum absolute atomic E-state index is 0.333. The van der Waals surface area contributed by atoms with Crippen LogP contribution in [-0.4, -0.2) is 33.2 Å². The maximum absolute atomic E-state index is 13.1. The van der Waals surface area contributed by atoms with Crippen molar-refractivity contribution in [2.24, 2.45) is 0 Å². The van der Waals surface area contributed by atoms with Crippen LogP contribution in [0.2, 0.25) is 0 Å². The van der Waals surface area contributed by atoms with Gasteiger partial charge in [-0.3, -0.25) is 4.79 Å². The maximum Gasteiger partial charge on any atom is 0.339 e. The number of pyridine rings is 1. The molecule has 34 heavy (non-hydrogen) atoms. The Labute approximate surface area is 198 Å². The maximum atomic E-state index is 13.1. The molecule has 2 heterocycles. The smallest absolute Gasteiger partial charge is 0.339 e. The van der Waals surface area contributed by atoms with Crippen LogP contribution in [0.1, 0.15) is 42.3 Å². The van der Waals surface area contributed by atoms with Gasteiger partial charge in [0.2, 0.25) is 0 Å². The van der Waals surface area contributed by atoms with Crippen LogP contribution in [0.3, 0.4) is 0 Å². The summed E-state index contributed by atoms with van der Waals surface area (Å²) < 4.78 is 7.17. The highest BCUT2D eigenvalue weighted by molar-refractivity contribution is 6.05.